The lowest BCUT2D eigenvalue weighted by Gasteiger charge is -2.08. The normalized spacial score (nSPS) is 10.2. The third kappa shape index (κ3) is 4.13. The van der Waals surface area contributed by atoms with Crippen molar-refractivity contribution in [1.29, 1.82) is 0 Å². The van der Waals surface area contributed by atoms with Gasteiger partial charge in [-0.3, -0.25) is 9.78 Å². The predicted octanol–water partition coefficient (Wildman–Crippen LogP) is 3.59. The minimum Gasteiger partial charge on any atom is -0.437 e. The topological polar surface area (TPSA) is 64.1 Å². The third-order valence-electron chi connectivity index (χ3n) is 3.19. The summed E-state index contributed by atoms with van der Waals surface area (Å²) in [5.74, 6) is 0.163. The minimum absolute atomic E-state index is 0.0398. The van der Waals surface area contributed by atoms with Crippen molar-refractivity contribution in [2.45, 2.75) is 6.42 Å². The summed E-state index contributed by atoms with van der Waals surface area (Å²) in [6.45, 7) is 0. The highest BCUT2D eigenvalue weighted by Gasteiger charge is 2.08. The van der Waals surface area contributed by atoms with Crippen molar-refractivity contribution < 1.29 is 13.9 Å². The van der Waals surface area contributed by atoms with Crippen LogP contribution in [0.5, 0.6) is 11.6 Å². The van der Waals surface area contributed by atoms with Gasteiger partial charge in [-0.25, -0.2) is 9.37 Å². The number of amides is 1. The first-order valence-electron chi connectivity index (χ1n) is 7.28. The van der Waals surface area contributed by atoms with Crippen molar-refractivity contribution in [3.63, 3.8) is 0 Å². The number of benzene rings is 2. The summed E-state index contributed by atoms with van der Waals surface area (Å²) < 4.78 is 19.1. The lowest BCUT2D eigenvalue weighted by molar-refractivity contribution is -0.115. The molecule has 24 heavy (non-hydrogen) atoms. The van der Waals surface area contributed by atoms with Crippen LogP contribution in [-0.2, 0) is 11.2 Å². The second kappa shape index (κ2) is 7.32. The average molecular weight is 323 g/mol. The zero-order valence-corrected chi connectivity index (χ0v) is 12.6. The van der Waals surface area contributed by atoms with Crippen LogP contribution in [0.3, 0.4) is 0 Å². The molecule has 0 spiro atoms. The van der Waals surface area contributed by atoms with Gasteiger partial charge in [0.15, 0.2) is 0 Å². The molecule has 0 saturated carbocycles. The van der Waals surface area contributed by atoms with Crippen LogP contribution >= 0.6 is 0 Å². The number of hydrogen-bond donors (Lipinski definition) is 1. The Hall–Kier alpha value is -3.28. The largest absolute Gasteiger partial charge is 0.437 e. The molecule has 1 heterocycles. The Morgan fingerprint density at radius 1 is 1.12 bits per heavy atom. The summed E-state index contributed by atoms with van der Waals surface area (Å²) in [6.07, 6.45) is 4.52. The Balaban J connectivity index is 1.66. The highest BCUT2D eigenvalue weighted by atomic mass is 19.1. The molecular formula is C18H14FN3O2. The van der Waals surface area contributed by atoms with Crippen molar-refractivity contribution >= 4 is 11.6 Å². The zero-order valence-electron chi connectivity index (χ0n) is 12.6. The fourth-order valence-electron chi connectivity index (χ4n) is 2.12. The summed E-state index contributed by atoms with van der Waals surface area (Å²) >= 11 is 0. The highest BCUT2D eigenvalue weighted by Crippen LogP contribution is 2.22. The number of rotatable bonds is 5. The van der Waals surface area contributed by atoms with Gasteiger partial charge in [0.25, 0.3) is 0 Å². The molecule has 0 saturated heterocycles. The average Bonchev–Trinajstić information content (AvgIpc) is 2.58. The highest BCUT2D eigenvalue weighted by molar-refractivity contribution is 5.92. The standard InChI is InChI=1S/C18H14FN3O2/c19-16-7-2-1-4-13(16)10-17(23)22-14-5-3-6-15(11-14)24-18-12-20-8-9-21-18/h1-9,11-12H,10H2,(H,22,23). The molecule has 3 rings (SSSR count). The molecule has 0 aliphatic rings. The number of ether oxygens (including phenoxy) is 1. The predicted molar refractivity (Wildman–Crippen MR) is 87.3 cm³/mol. The van der Waals surface area contributed by atoms with E-state index in [4.69, 9.17) is 4.74 Å². The molecule has 0 bridgehead atoms. The Morgan fingerprint density at radius 3 is 2.79 bits per heavy atom. The fourth-order valence-corrected chi connectivity index (χ4v) is 2.12. The smallest absolute Gasteiger partial charge is 0.237 e. The molecule has 120 valence electrons. The fraction of sp³-hybridized carbons (Fsp3) is 0.0556. The molecule has 0 unspecified atom stereocenters. The maximum absolute atomic E-state index is 13.6. The van der Waals surface area contributed by atoms with Gasteiger partial charge in [-0.1, -0.05) is 24.3 Å². The number of anilines is 1. The van der Waals surface area contributed by atoms with Crippen LogP contribution in [0.15, 0.2) is 67.1 Å². The molecular weight excluding hydrogens is 309 g/mol. The van der Waals surface area contributed by atoms with Crippen LogP contribution in [0, 0.1) is 5.82 Å². The lowest BCUT2D eigenvalue weighted by Crippen LogP contribution is -2.15. The van der Waals surface area contributed by atoms with E-state index in [1.807, 2.05) is 0 Å². The zero-order chi connectivity index (χ0) is 16.8. The maximum Gasteiger partial charge on any atom is 0.237 e. The summed E-state index contributed by atoms with van der Waals surface area (Å²) in [7, 11) is 0. The first kappa shape index (κ1) is 15.6. The van der Waals surface area contributed by atoms with Gasteiger partial charge in [-0.15, -0.1) is 0 Å². The Kier molecular flexibility index (Phi) is 4.76. The molecule has 0 aliphatic heterocycles. The van der Waals surface area contributed by atoms with Crippen LogP contribution in [0.1, 0.15) is 5.56 Å². The van der Waals surface area contributed by atoms with Crippen molar-refractivity contribution in [1.82, 2.24) is 9.97 Å². The van der Waals surface area contributed by atoms with Gasteiger partial charge in [0.1, 0.15) is 11.6 Å². The molecule has 0 radical (unpaired) electrons. The number of nitrogens with one attached hydrogen (secondary N) is 1. The van der Waals surface area contributed by atoms with Gasteiger partial charge in [-0.2, -0.15) is 0 Å². The van der Waals surface area contributed by atoms with Gasteiger partial charge < -0.3 is 10.1 Å². The summed E-state index contributed by atoms with van der Waals surface area (Å²) in [6, 6.07) is 13.1. The first-order valence-corrected chi connectivity index (χ1v) is 7.28. The van der Waals surface area contributed by atoms with Crippen molar-refractivity contribution in [2.75, 3.05) is 5.32 Å². The summed E-state index contributed by atoms with van der Waals surface area (Å²) in [5.41, 5.74) is 0.902. The molecule has 0 fully saturated rings. The van der Waals surface area contributed by atoms with E-state index in [0.29, 0.717) is 22.9 Å². The Labute approximate surface area is 138 Å². The summed E-state index contributed by atoms with van der Waals surface area (Å²) in [5, 5.41) is 2.72. The van der Waals surface area contributed by atoms with Crippen LogP contribution in [0.25, 0.3) is 0 Å². The molecule has 0 aliphatic carbocycles. The molecule has 1 aromatic heterocycles. The van der Waals surface area contributed by atoms with Crippen LogP contribution in [-0.4, -0.2) is 15.9 Å². The van der Waals surface area contributed by atoms with E-state index in [2.05, 4.69) is 15.3 Å². The third-order valence-corrected chi connectivity index (χ3v) is 3.19. The van der Waals surface area contributed by atoms with E-state index in [1.165, 1.54) is 18.5 Å². The second-order valence-electron chi connectivity index (χ2n) is 4.99. The first-order chi connectivity index (χ1) is 11.7. The van der Waals surface area contributed by atoms with Gasteiger partial charge in [0, 0.05) is 24.1 Å². The number of nitrogens with zero attached hydrogens (tertiary/aromatic N) is 2. The lowest BCUT2D eigenvalue weighted by atomic mass is 10.1. The number of aromatic nitrogens is 2. The van der Waals surface area contributed by atoms with Crippen LogP contribution in [0.4, 0.5) is 10.1 Å². The summed E-state index contributed by atoms with van der Waals surface area (Å²) in [4.78, 5) is 20.0. The minimum atomic E-state index is -0.396. The maximum atomic E-state index is 13.6. The second-order valence-corrected chi connectivity index (χ2v) is 4.99. The van der Waals surface area contributed by atoms with E-state index >= 15 is 0 Å². The molecule has 5 nitrogen and oxygen atoms in total. The van der Waals surface area contributed by atoms with Crippen molar-refractivity contribution in [3.05, 3.63) is 78.5 Å². The van der Waals surface area contributed by atoms with E-state index in [9.17, 15) is 9.18 Å². The monoisotopic (exact) mass is 323 g/mol. The van der Waals surface area contributed by atoms with Crippen LogP contribution in [0.2, 0.25) is 0 Å². The Bertz CT molecular complexity index is 840. The van der Waals surface area contributed by atoms with Gasteiger partial charge >= 0.3 is 0 Å². The van der Waals surface area contributed by atoms with E-state index in [0.717, 1.165) is 0 Å². The quantitative estimate of drug-likeness (QED) is 0.779. The van der Waals surface area contributed by atoms with Crippen molar-refractivity contribution in [3.8, 4) is 11.6 Å². The van der Waals surface area contributed by atoms with Gasteiger partial charge in [0.2, 0.25) is 11.8 Å². The van der Waals surface area contributed by atoms with E-state index in [-0.39, 0.29) is 12.3 Å². The number of carbonyl (C=O) groups is 1. The molecule has 1 N–H and O–H groups in total. The Morgan fingerprint density at radius 2 is 2.00 bits per heavy atom. The number of hydrogen-bond acceptors (Lipinski definition) is 4. The van der Waals surface area contributed by atoms with Crippen molar-refractivity contribution in [2.24, 2.45) is 0 Å². The number of carbonyl (C=O) groups excluding carboxylic acids is 1. The van der Waals surface area contributed by atoms with E-state index in [1.54, 1.807) is 48.7 Å². The van der Waals surface area contributed by atoms with E-state index < -0.39 is 5.82 Å². The molecule has 3 aromatic rings. The van der Waals surface area contributed by atoms with Crippen LogP contribution < -0.4 is 10.1 Å². The molecule has 2 aromatic carbocycles. The SMILES string of the molecule is O=C(Cc1ccccc1F)Nc1cccc(Oc2cnccn2)c1. The van der Waals surface area contributed by atoms with Gasteiger partial charge in [-0.05, 0) is 23.8 Å². The van der Waals surface area contributed by atoms with Gasteiger partial charge in [0.05, 0.1) is 12.6 Å². The number of halogens is 1. The molecule has 6 heteroatoms. The molecule has 1 amide bonds. The molecule has 0 atom stereocenters.